The van der Waals surface area contributed by atoms with Gasteiger partial charge in [-0.1, -0.05) is 47.0 Å². The molecule has 0 bridgehead atoms. The number of benzene rings is 1. The molecule has 1 aliphatic heterocycles. The number of amides is 2. The minimum atomic E-state index is -0.250. The van der Waals surface area contributed by atoms with Gasteiger partial charge in [0, 0.05) is 17.6 Å². The monoisotopic (exact) mass is 493 g/mol. The van der Waals surface area contributed by atoms with E-state index in [0.717, 1.165) is 34.2 Å². The van der Waals surface area contributed by atoms with Gasteiger partial charge in [0.1, 0.15) is 0 Å². The topological polar surface area (TPSA) is 54.7 Å². The number of thioether (sulfide) groups is 1. The van der Waals surface area contributed by atoms with Crippen LogP contribution in [-0.2, 0) is 16.1 Å². The lowest BCUT2D eigenvalue weighted by Gasteiger charge is -2.35. The van der Waals surface area contributed by atoms with Crippen LogP contribution in [0.2, 0.25) is 0 Å². The number of likely N-dealkylation sites (tertiary alicyclic amines) is 1. The van der Waals surface area contributed by atoms with Crippen LogP contribution in [0.15, 0.2) is 27.7 Å². The molecule has 8 heteroatoms. The van der Waals surface area contributed by atoms with Crippen molar-refractivity contribution in [1.82, 2.24) is 9.47 Å². The van der Waals surface area contributed by atoms with E-state index in [-0.39, 0.29) is 17.6 Å². The minimum Gasteiger partial charge on any atom is -0.341 e. The van der Waals surface area contributed by atoms with Crippen molar-refractivity contribution in [2.75, 3.05) is 24.6 Å². The number of aromatic nitrogens is 1. The van der Waals surface area contributed by atoms with E-state index in [0.29, 0.717) is 28.9 Å². The standard InChI is InChI=1S/C21H24BrN3O2S2/c1-4-7-25-17-6-5-16(22)9-18(17)29-21(25)23-19(26)12-28-13-20(27)24-10-14(2)8-15(3)11-24/h1,5-6,9,14-15H,7-8,10-13H2,2-3H3. The van der Waals surface area contributed by atoms with Gasteiger partial charge in [-0.05, 0) is 36.5 Å². The second-order valence-electron chi connectivity index (χ2n) is 7.53. The normalized spacial score (nSPS) is 20.1. The van der Waals surface area contributed by atoms with Crippen LogP contribution in [-0.4, -0.2) is 45.9 Å². The predicted molar refractivity (Wildman–Crippen MR) is 124 cm³/mol. The fourth-order valence-electron chi connectivity index (χ4n) is 3.70. The maximum atomic E-state index is 12.5. The molecule has 1 aliphatic rings. The summed E-state index contributed by atoms with van der Waals surface area (Å²) in [7, 11) is 0. The minimum absolute atomic E-state index is 0.107. The van der Waals surface area contributed by atoms with Gasteiger partial charge in [0.25, 0.3) is 5.91 Å². The van der Waals surface area contributed by atoms with E-state index in [2.05, 4.69) is 40.7 Å². The molecule has 1 aromatic carbocycles. The van der Waals surface area contributed by atoms with E-state index >= 15 is 0 Å². The summed E-state index contributed by atoms with van der Waals surface area (Å²) >= 11 is 6.23. The average molecular weight is 494 g/mol. The Morgan fingerprint density at radius 3 is 2.72 bits per heavy atom. The Kier molecular flexibility index (Phi) is 7.60. The zero-order chi connectivity index (χ0) is 21.0. The highest BCUT2D eigenvalue weighted by Crippen LogP contribution is 2.23. The van der Waals surface area contributed by atoms with Crippen molar-refractivity contribution >= 4 is 61.1 Å². The van der Waals surface area contributed by atoms with E-state index in [9.17, 15) is 9.59 Å². The third-order valence-electron chi connectivity index (χ3n) is 4.79. The van der Waals surface area contributed by atoms with Crippen molar-refractivity contribution in [2.24, 2.45) is 16.8 Å². The largest absolute Gasteiger partial charge is 0.341 e. The maximum absolute atomic E-state index is 12.5. The van der Waals surface area contributed by atoms with Crippen molar-refractivity contribution in [3.05, 3.63) is 27.5 Å². The second-order valence-corrected chi connectivity index (χ2v) is 10.4. The van der Waals surface area contributed by atoms with Crippen LogP contribution >= 0.6 is 39.0 Å². The van der Waals surface area contributed by atoms with Gasteiger partial charge in [0.2, 0.25) is 5.91 Å². The molecule has 0 N–H and O–H groups in total. The molecule has 1 aromatic heterocycles. The smallest absolute Gasteiger partial charge is 0.258 e. The third kappa shape index (κ3) is 5.74. The number of carbonyl (C=O) groups excluding carboxylic acids is 2. The molecule has 2 heterocycles. The van der Waals surface area contributed by atoms with Gasteiger partial charge >= 0.3 is 0 Å². The van der Waals surface area contributed by atoms with E-state index in [1.807, 2.05) is 27.7 Å². The Morgan fingerprint density at radius 2 is 2.03 bits per heavy atom. The first-order valence-electron chi connectivity index (χ1n) is 9.52. The van der Waals surface area contributed by atoms with E-state index < -0.39 is 0 Å². The Labute approximate surface area is 187 Å². The summed E-state index contributed by atoms with van der Waals surface area (Å²) in [5, 5.41) is 0. The van der Waals surface area contributed by atoms with Crippen LogP contribution in [0.3, 0.4) is 0 Å². The molecule has 0 spiro atoms. The number of terminal acetylenes is 1. The summed E-state index contributed by atoms with van der Waals surface area (Å²) in [5.41, 5.74) is 0.957. The molecule has 1 fully saturated rings. The molecule has 2 amide bonds. The first-order chi connectivity index (χ1) is 13.9. The van der Waals surface area contributed by atoms with Gasteiger partial charge in [-0.2, -0.15) is 4.99 Å². The first-order valence-corrected chi connectivity index (χ1v) is 12.3. The molecule has 154 valence electrons. The lowest BCUT2D eigenvalue weighted by Crippen LogP contribution is -2.43. The van der Waals surface area contributed by atoms with Crippen molar-refractivity contribution < 1.29 is 9.59 Å². The summed E-state index contributed by atoms with van der Waals surface area (Å²) < 4.78 is 3.85. The lowest BCUT2D eigenvalue weighted by atomic mass is 9.92. The molecular formula is C21H24BrN3O2S2. The van der Waals surface area contributed by atoms with Crippen LogP contribution in [0.4, 0.5) is 0 Å². The van der Waals surface area contributed by atoms with Crippen LogP contribution in [0.5, 0.6) is 0 Å². The fourth-order valence-corrected chi connectivity index (χ4v) is 6.00. The molecule has 29 heavy (non-hydrogen) atoms. The summed E-state index contributed by atoms with van der Waals surface area (Å²) in [4.78, 5) is 31.6. The third-order valence-corrected chi connectivity index (χ3v) is 7.22. The fraction of sp³-hybridized carbons (Fsp3) is 0.476. The van der Waals surface area contributed by atoms with E-state index in [4.69, 9.17) is 6.42 Å². The van der Waals surface area contributed by atoms with Crippen molar-refractivity contribution in [3.63, 3.8) is 0 Å². The molecule has 0 saturated carbocycles. The number of fused-ring (bicyclic) bond motifs is 1. The van der Waals surface area contributed by atoms with Gasteiger partial charge in [-0.15, -0.1) is 18.2 Å². The number of thiazole rings is 1. The number of nitrogens with zero attached hydrogens (tertiary/aromatic N) is 3. The van der Waals surface area contributed by atoms with Gasteiger partial charge in [0.05, 0.1) is 28.3 Å². The Hall–Kier alpha value is -1.56. The van der Waals surface area contributed by atoms with Crippen LogP contribution < -0.4 is 4.80 Å². The van der Waals surface area contributed by atoms with Crippen LogP contribution in [0.25, 0.3) is 10.2 Å². The lowest BCUT2D eigenvalue weighted by molar-refractivity contribution is -0.130. The summed E-state index contributed by atoms with van der Waals surface area (Å²) in [6.07, 6.45) is 6.66. The SMILES string of the molecule is C#CCn1c(=NC(=O)CSCC(=O)N2CC(C)CC(C)C2)sc2cc(Br)ccc21. The van der Waals surface area contributed by atoms with E-state index in [1.54, 1.807) is 0 Å². The van der Waals surface area contributed by atoms with Crippen molar-refractivity contribution in [3.8, 4) is 12.3 Å². The van der Waals surface area contributed by atoms with Crippen LogP contribution in [0, 0.1) is 24.2 Å². The van der Waals surface area contributed by atoms with Gasteiger partial charge in [-0.25, -0.2) is 0 Å². The highest BCUT2D eigenvalue weighted by Gasteiger charge is 2.25. The number of hydrogen-bond donors (Lipinski definition) is 0. The molecule has 2 atom stereocenters. The quantitative estimate of drug-likeness (QED) is 0.595. The second kappa shape index (κ2) is 9.96. The Morgan fingerprint density at radius 1 is 1.31 bits per heavy atom. The zero-order valence-electron chi connectivity index (χ0n) is 16.6. The predicted octanol–water partition coefficient (Wildman–Crippen LogP) is 3.76. The number of hydrogen-bond acceptors (Lipinski definition) is 4. The number of rotatable bonds is 5. The maximum Gasteiger partial charge on any atom is 0.258 e. The Bertz CT molecular complexity index is 1010. The van der Waals surface area contributed by atoms with E-state index in [1.165, 1.54) is 23.1 Å². The molecular weight excluding hydrogens is 470 g/mol. The molecule has 0 radical (unpaired) electrons. The summed E-state index contributed by atoms with van der Waals surface area (Å²) in [5.74, 6) is 4.03. The molecule has 2 aromatic rings. The van der Waals surface area contributed by atoms with Crippen molar-refractivity contribution in [1.29, 1.82) is 0 Å². The highest BCUT2D eigenvalue weighted by molar-refractivity contribution is 9.10. The Balaban J connectivity index is 1.64. The van der Waals surface area contributed by atoms with Gasteiger partial charge in [-0.3, -0.25) is 9.59 Å². The molecule has 0 aliphatic carbocycles. The zero-order valence-corrected chi connectivity index (χ0v) is 19.8. The summed E-state index contributed by atoms with van der Waals surface area (Å²) in [6, 6.07) is 5.90. The number of piperidine rings is 1. The number of carbonyl (C=O) groups is 2. The first kappa shape index (κ1) is 22.1. The van der Waals surface area contributed by atoms with Crippen molar-refractivity contribution in [2.45, 2.75) is 26.8 Å². The van der Waals surface area contributed by atoms with Gasteiger partial charge in [0.15, 0.2) is 4.80 Å². The molecule has 2 unspecified atom stereocenters. The van der Waals surface area contributed by atoms with Gasteiger partial charge < -0.3 is 9.47 Å². The van der Waals surface area contributed by atoms with Crippen LogP contribution in [0.1, 0.15) is 20.3 Å². The number of halogens is 1. The summed E-state index contributed by atoms with van der Waals surface area (Å²) in [6.45, 7) is 6.34. The molecule has 3 rings (SSSR count). The molecule has 1 saturated heterocycles. The highest BCUT2D eigenvalue weighted by atomic mass is 79.9. The molecule has 5 nitrogen and oxygen atoms in total. The average Bonchev–Trinajstić information content (AvgIpc) is 2.97.